The molecule has 65 valence electrons. The molecule has 0 heterocycles. The SMILES string of the molecule is F[Si-2](F)(F)(F)(F)F.O.[Cu+2]. The Labute approximate surface area is 56.7 Å². The summed E-state index contributed by atoms with van der Waals surface area (Å²) in [5.74, 6) is 0. The first kappa shape index (κ1) is 16.1. The van der Waals surface area contributed by atoms with Crippen molar-refractivity contribution in [2.45, 2.75) is 0 Å². The molecule has 0 aliphatic carbocycles. The van der Waals surface area contributed by atoms with E-state index in [4.69, 9.17) is 0 Å². The fourth-order valence-corrected chi connectivity index (χ4v) is 0. The summed E-state index contributed by atoms with van der Waals surface area (Å²) < 4.78 is 59.3. The molecule has 0 aromatic carbocycles. The molecule has 0 saturated heterocycles. The van der Waals surface area contributed by atoms with Gasteiger partial charge in [-0.2, -0.15) is 0 Å². The predicted molar refractivity (Wildman–Crippen MR) is 16.0 cm³/mol. The van der Waals surface area contributed by atoms with Gasteiger partial charge in [0.05, 0.1) is 0 Å². The van der Waals surface area contributed by atoms with Crippen LogP contribution in [-0.2, 0) is 17.1 Å². The number of hydrogen-bond donors (Lipinski definition) is 0. The average Bonchev–Trinajstić information content (AvgIpc) is 0.592. The Hall–Kier alpha value is 0.276. The first-order valence-electron chi connectivity index (χ1n) is 1.13. The molecular formula is H2CuF6OSi. The molecule has 0 aliphatic rings. The van der Waals surface area contributed by atoms with Crippen molar-refractivity contribution in [3.63, 3.8) is 0 Å². The van der Waals surface area contributed by atoms with E-state index in [1.807, 2.05) is 0 Å². The second-order valence-corrected chi connectivity index (χ2v) is 3.21. The van der Waals surface area contributed by atoms with Gasteiger partial charge in [0.1, 0.15) is 0 Å². The fourth-order valence-electron chi connectivity index (χ4n) is 0. The van der Waals surface area contributed by atoms with Crippen molar-refractivity contribution in [2.24, 2.45) is 0 Å². The quantitative estimate of drug-likeness (QED) is 0.337. The van der Waals surface area contributed by atoms with Crippen LogP contribution in [0.1, 0.15) is 0 Å². The first-order chi connectivity index (χ1) is 2.45. The second-order valence-electron chi connectivity index (χ2n) is 1.07. The van der Waals surface area contributed by atoms with Gasteiger partial charge in [0.2, 0.25) is 0 Å². The van der Waals surface area contributed by atoms with E-state index >= 15 is 0 Å². The van der Waals surface area contributed by atoms with Gasteiger partial charge in [-0.3, -0.25) is 0 Å². The molecule has 9 heteroatoms. The van der Waals surface area contributed by atoms with Crippen molar-refractivity contribution in [2.75, 3.05) is 0 Å². The van der Waals surface area contributed by atoms with Gasteiger partial charge < -0.3 is 5.48 Å². The Morgan fingerprint density at radius 2 is 0.667 bits per heavy atom. The summed E-state index contributed by atoms with van der Waals surface area (Å²) in [7, 11) is -10.8. The Morgan fingerprint density at radius 1 is 0.667 bits per heavy atom. The minimum Gasteiger partial charge on any atom is -0.412 e. The topological polar surface area (TPSA) is 31.5 Å². The van der Waals surface area contributed by atoms with Crippen molar-refractivity contribution in [3.8, 4) is 0 Å². The maximum absolute atomic E-state index is 10.8. The zero-order valence-electron chi connectivity index (χ0n) is 3.57. The van der Waals surface area contributed by atoms with Crippen LogP contribution in [0.5, 0.6) is 0 Å². The zero-order chi connectivity index (χ0) is 6.41. The molecule has 0 atom stereocenters. The van der Waals surface area contributed by atoms with Gasteiger partial charge in [0.25, 0.3) is 0 Å². The molecule has 0 aromatic heterocycles. The molecule has 1 radical (unpaired) electrons. The largest absolute Gasteiger partial charge is 2.00 e. The van der Waals surface area contributed by atoms with E-state index in [9.17, 15) is 24.6 Å². The van der Waals surface area contributed by atoms with Crippen LogP contribution in [0.25, 0.3) is 0 Å². The molecule has 0 unspecified atom stereocenters. The molecule has 1 nitrogen and oxygen atoms in total. The van der Waals surface area contributed by atoms with E-state index in [2.05, 4.69) is 0 Å². The smallest absolute Gasteiger partial charge is 0.412 e. The molecule has 0 bridgehead atoms. The summed E-state index contributed by atoms with van der Waals surface area (Å²) in [5.41, 5.74) is 0. The normalized spacial score (nSPS) is 18.0. The summed E-state index contributed by atoms with van der Waals surface area (Å²) in [4.78, 5) is 0. The minimum absolute atomic E-state index is 0. The van der Waals surface area contributed by atoms with Crippen LogP contribution in [0.2, 0.25) is 0 Å². The summed E-state index contributed by atoms with van der Waals surface area (Å²) >= 11 is 0. The molecule has 0 rings (SSSR count). The minimum atomic E-state index is -10.8. The molecule has 0 fully saturated rings. The Balaban J connectivity index is -0.000000180. The first-order valence-corrected chi connectivity index (χ1v) is 3.40. The summed E-state index contributed by atoms with van der Waals surface area (Å²) in [5, 5.41) is 0. The molecule has 0 spiro atoms. The van der Waals surface area contributed by atoms with Gasteiger partial charge in [0.15, 0.2) is 0 Å². The zero-order valence-corrected chi connectivity index (χ0v) is 5.51. The summed E-state index contributed by atoms with van der Waals surface area (Å²) in [6, 6.07) is 0. The third-order valence-corrected chi connectivity index (χ3v) is 0. The molecule has 0 amide bonds. The average molecular weight is 224 g/mol. The third kappa shape index (κ3) is 4270. The van der Waals surface area contributed by atoms with E-state index in [1.165, 1.54) is 0 Å². The van der Waals surface area contributed by atoms with E-state index in [0.29, 0.717) is 0 Å². The molecular weight excluding hydrogens is 222 g/mol. The number of halogens is 6. The second kappa shape index (κ2) is 1.88. The van der Waals surface area contributed by atoms with Crippen molar-refractivity contribution < 1.29 is 47.2 Å². The Bertz CT molecular complexity index is 71.6. The van der Waals surface area contributed by atoms with Gasteiger partial charge in [-0.15, -0.1) is 0 Å². The maximum atomic E-state index is 9.88. The molecule has 9 heavy (non-hydrogen) atoms. The summed E-state index contributed by atoms with van der Waals surface area (Å²) in [6.07, 6.45) is 0. The standard InChI is InChI=1S/Cu.F6Si.H2O/c;1-7(2,3,4,5)6;/h;;1H2/q+2;-2;. The van der Waals surface area contributed by atoms with Gasteiger partial charge in [-0.1, -0.05) is 0 Å². The maximum Gasteiger partial charge on any atom is 2.00 e. The summed E-state index contributed by atoms with van der Waals surface area (Å²) in [6.45, 7) is 0. The molecule has 0 aromatic rings. The van der Waals surface area contributed by atoms with Crippen LogP contribution in [0.3, 0.4) is 0 Å². The van der Waals surface area contributed by atoms with Crippen LogP contribution in [0, 0.1) is 0 Å². The van der Waals surface area contributed by atoms with E-state index in [-0.39, 0.29) is 22.5 Å². The third-order valence-electron chi connectivity index (χ3n) is 0. The van der Waals surface area contributed by atoms with Crippen molar-refractivity contribution in [3.05, 3.63) is 0 Å². The van der Waals surface area contributed by atoms with Crippen LogP contribution in [0.4, 0.5) is 24.6 Å². The van der Waals surface area contributed by atoms with E-state index in [0.717, 1.165) is 0 Å². The van der Waals surface area contributed by atoms with Crippen LogP contribution in [0.15, 0.2) is 0 Å². The van der Waals surface area contributed by atoms with Crippen molar-refractivity contribution in [1.29, 1.82) is 0 Å². The van der Waals surface area contributed by atoms with Gasteiger partial charge in [0, 0.05) is 0 Å². The van der Waals surface area contributed by atoms with E-state index < -0.39 is 8.63 Å². The van der Waals surface area contributed by atoms with Crippen molar-refractivity contribution in [1.82, 2.24) is 0 Å². The predicted octanol–water partition coefficient (Wildman–Crippen LogP) is 1.31. The van der Waals surface area contributed by atoms with E-state index in [1.54, 1.807) is 0 Å². The van der Waals surface area contributed by atoms with Crippen LogP contribution in [-0.4, -0.2) is 14.1 Å². The van der Waals surface area contributed by atoms with Crippen LogP contribution < -0.4 is 0 Å². The Morgan fingerprint density at radius 3 is 0.667 bits per heavy atom. The molecule has 2 N–H and O–H groups in total. The molecule has 0 aliphatic heterocycles. The molecule has 0 saturated carbocycles. The van der Waals surface area contributed by atoms with Crippen LogP contribution >= 0.6 is 0 Å². The van der Waals surface area contributed by atoms with Crippen molar-refractivity contribution >= 4 is 8.63 Å². The van der Waals surface area contributed by atoms with Gasteiger partial charge >= 0.3 is 50.3 Å². The monoisotopic (exact) mass is 223 g/mol. The fraction of sp³-hybridized carbons (Fsp3) is 0. The Kier molecular flexibility index (Phi) is 3.37. The van der Waals surface area contributed by atoms with Gasteiger partial charge in [-0.25, -0.2) is 0 Å². The number of hydrogen-bond acceptors (Lipinski definition) is 0. The number of rotatable bonds is 0. The van der Waals surface area contributed by atoms with Gasteiger partial charge in [-0.05, 0) is 0 Å².